The first kappa shape index (κ1) is 20.5. The molecule has 0 fully saturated rings. The number of ether oxygens (including phenoxy) is 3. The molecule has 164 valence electrons. The van der Waals surface area contributed by atoms with E-state index < -0.39 is 0 Å². The standard InChI is InChI=1S/C28H29NO3/c1-2-30-27-14-7-6-11-24(27)28-23-13-8-12-22(23)25-19-21(15-16-26(25)29-28)32-18-17-31-20-9-4-3-5-10-20/h3-12,14-16,19,22-23,28-29H,2,13,17-18H2,1H3. The number of allylic oxidation sites excluding steroid dienone is 2. The lowest BCUT2D eigenvalue weighted by Gasteiger charge is -2.38. The molecule has 1 aliphatic carbocycles. The summed E-state index contributed by atoms with van der Waals surface area (Å²) in [6.45, 7) is 3.73. The third-order valence-electron chi connectivity index (χ3n) is 6.25. The van der Waals surface area contributed by atoms with Gasteiger partial charge in [0.2, 0.25) is 0 Å². The Labute approximate surface area is 189 Å². The lowest BCUT2D eigenvalue weighted by Crippen LogP contribution is -2.29. The third-order valence-corrected chi connectivity index (χ3v) is 6.25. The van der Waals surface area contributed by atoms with Gasteiger partial charge < -0.3 is 19.5 Å². The van der Waals surface area contributed by atoms with Crippen molar-refractivity contribution in [1.29, 1.82) is 0 Å². The van der Waals surface area contributed by atoms with Crippen LogP contribution in [0.5, 0.6) is 17.2 Å². The van der Waals surface area contributed by atoms with Gasteiger partial charge in [-0.3, -0.25) is 0 Å². The summed E-state index contributed by atoms with van der Waals surface area (Å²) in [6.07, 6.45) is 5.71. The van der Waals surface area contributed by atoms with E-state index in [-0.39, 0.29) is 6.04 Å². The minimum Gasteiger partial charge on any atom is -0.494 e. The molecule has 32 heavy (non-hydrogen) atoms. The summed E-state index contributed by atoms with van der Waals surface area (Å²) in [5.41, 5.74) is 3.70. The molecule has 3 aromatic rings. The molecule has 1 aliphatic heterocycles. The van der Waals surface area contributed by atoms with Crippen LogP contribution in [-0.2, 0) is 0 Å². The Balaban J connectivity index is 1.31. The molecule has 3 aromatic carbocycles. The maximum absolute atomic E-state index is 6.01. The molecule has 4 heteroatoms. The lowest BCUT2D eigenvalue weighted by atomic mass is 9.77. The van der Waals surface area contributed by atoms with Crippen LogP contribution in [0.2, 0.25) is 0 Å². The summed E-state index contributed by atoms with van der Waals surface area (Å²) >= 11 is 0. The van der Waals surface area contributed by atoms with Crippen LogP contribution in [0, 0.1) is 5.92 Å². The van der Waals surface area contributed by atoms with Crippen molar-refractivity contribution in [2.24, 2.45) is 5.92 Å². The molecule has 0 saturated heterocycles. The Kier molecular flexibility index (Phi) is 6.02. The molecule has 1 N–H and O–H groups in total. The SMILES string of the molecule is CCOc1ccccc1C1Nc2ccc(OCCOc3ccccc3)cc2C2C=CCC21. The highest BCUT2D eigenvalue weighted by Crippen LogP contribution is 2.51. The van der Waals surface area contributed by atoms with Gasteiger partial charge in [-0.05, 0) is 61.2 Å². The van der Waals surface area contributed by atoms with Gasteiger partial charge in [0, 0.05) is 17.2 Å². The lowest BCUT2D eigenvalue weighted by molar-refractivity contribution is 0.217. The zero-order valence-electron chi connectivity index (χ0n) is 18.4. The summed E-state index contributed by atoms with van der Waals surface area (Å²) in [5.74, 6) is 3.55. The van der Waals surface area contributed by atoms with Gasteiger partial charge in [-0.25, -0.2) is 0 Å². The molecule has 1 heterocycles. The molecule has 0 bridgehead atoms. The fourth-order valence-electron chi connectivity index (χ4n) is 4.83. The van der Waals surface area contributed by atoms with Gasteiger partial charge in [0.1, 0.15) is 30.5 Å². The van der Waals surface area contributed by atoms with Crippen molar-refractivity contribution < 1.29 is 14.2 Å². The Morgan fingerprint density at radius 1 is 0.812 bits per heavy atom. The molecule has 2 aliphatic rings. The highest BCUT2D eigenvalue weighted by Gasteiger charge is 2.39. The van der Waals surface area contributed by atoms with Crippen LogP contribution in [0.3, 0.4) is 0 Å². The number of hydrogen-bond acceptors (Lipinski definition) is 4. The molecule has 0 radical (unpaired) electrons. The van der Waals surface area contributed by atoms with Crippen LogP contribution in [0.4, 0.5) is 5.69 Å². The maximum Gasteiger partial charge on any atom is 0.124 e. The van der Waals surface area contributed by atoms with Gasteiger partial charge in [-0.1, -0.05) is 48.6 Å². The molecule has 0 amide bonds. The number of hydrogen-bond donors (Lipinski definition) is 1. The zero-order valence-corrected chi connectivity index (χ0v) is 18.4. The van der Waals surface area contributed by atoms with E-state index in [0.29, 0.717) is 31.7 Å². The topological polar surface area (TPSA) is 39.7 Å². The predicted octanol–water partition coefficient (Wildman–Crippen LogP) is 6.37. The summed E-state index contributed by atoms with van der Waals surface area (Å²) in [6, 6.07) is 24.8. The Morgan fingerprint density at radius 2 is 1.59 bits per heavy atom. The number of nitrogens with one attached hydrogen (secondary N) is 1. The van der Waals surface area contributed by atoms with Gasteiger partial charge >= 0.3 is 0 Å². The second-order valence-corrected chi connectivity index (χ2v) is 8.21. The van der Waals surface area contributed by atoms with Gasteiger partial charge in [-0.2, -0.15) is 0 Å². The van der Waals surface area contributed by atoms with Gasteiger partial charge in [0.05, 0.1) is 12.6 Å². The smallest absolute Gasteiger partial charge is 0.124 e. The molecular formula is C28H29NO3. The van der Waals surface area contributed by atoms with Crippen LogP contribution in [0.1, 0.15) is 36.4 Å². The second-order valence-electron chi connectivity index (χ2n) is 8.21. The van der Waals surface area contributed by atoms with E-state index in [9.17, 15) is 0 Å². The van der Waals surface area contributed by atoms with Crippen molar-refractivity contribution in [3.63, 3.8) is 0 Å². The van der Waals surface area contributed by atoms with Crippen molar-refractivity contribution in [2.75, 3.05) is 25.1 Å². The monoisotopic (exact) mass is 427 g/mol. The molecule has 0 aromatic heterocycles. The van der Waals surface area contributed by atoms with E-state index in [1.807, 2.05) is 49.4 Å². The summed E-state index contributed by atoms with van der Waals surface area (Å²) < 4.78 is 17.7. The highest BCUT2D eigenvalue weighted by atomic mass is 16.5. The molecular weight excluding hydrogens is 398 g/mol. The van der Waals surface area contributed by atoms with Crippen molar-refractivity contribution in [2.45, 2.75) is 25.3 Å². The Bertz CT molecular complexity index is 1080. The van der Waals surface area contributed by atoms with Gasteiger partial charge in [0.25, 0.3) is 0 Å². The molecule has 0 saturated carbocycles. The summed E-state index contributed by atoms with van der Waals surface area (Å²) in [7, 11) is 0. The number of anilines is 1. The zero-order chi connectivity index (χ0) is 21.8. The van der Waals surface area contributed by atoms with Crippen molar-refractivity contribution in [3.8, 4) is 17.2 Å². The first-order valence-corrected chi connectivity index (χ1v) is 11.4. The van der Waals surface area contributed by atoms with E-state index in [4.69, 9.17) is 14.2 Å². The van der Waals surface area contributed by atoms with E-state index in [0.717, 1.165) is 23.7 Å². The Hall–Kier alpha value is -3.40. The van der Waals surface area contributed by atoms with Crippen molar-refractivity contribution in [1.82, 2.24) is 0 Å². The normalized spacial score (nSPS) is 20.7. The van der Waals surface area contributed by atoms with Gasteiger partial charge in [-0.15, -0.1) is 0 Å². The van der Waals surface area contributed by atoms with Crippen LogP contribution in [-0.4, -0.2) is 19.8 Å². The fourth-order valence-corrected chi connectivity index (χ4v) is 4.83. The van der Waals surface area contributed by atoms with E-state index in [2.05, 4.69) is 47.8 Å². The third kappa shape index (κ3) is 4.18. The van der Waals surface area contributed by atoms with E-state index >= 15 is 0 Å². The summed E-state index contributed by atoms with van der Waals surface area (Å²) in [5, 5.41) is 3.80. The van der Waals surface area contributed by atoms with Gasteiger partial charge in [0.15, 0.2) is 0 Å². The fraction of sp³-hybridized carbons (Fsp3) is 0.286. The summed E-state index contributed by atoms with van der Waals surface area (Å²) in [4.78, 5) is 0. The Morgan fingerprint density at radius 3 is 2.44 bits per heavy atom. The van der Waals surface area contributed by atoms with E-state index in [1.165, 1.54) is 16.8 Å². The average Bonchev–Trinajstić information content (AvgIpc) is 3.33. The largest absolute Gasteiger partial charge is 0.494 e. The van der Waals surface area contributed by atoms with Crippen LogP contribution >= 0.6 is 0 Å². The molecule has 3 atom stereocenters. The number of fused-ring (bicyclic) bond motifs is 3. The van der Waals surface area contributed by atoms with Crippen molar-refractivity contribution in [3.05, 3.63) is 96.1 Å². The first-order valence-electron chi connectivity index (χ1n) is 11.4. The van der Waals surface area contributed by atoms with Crippen LogP contribution in [0.25, 0.3) is 0 Å². The minimum absolute atomic E-state index is 0.219. The average molecular weight is 428 g/mol. The number of para-hydroxylation sites is 2. The predicted molar refractivity (Wildman–Crippen MR) is 128 cm³/mol. The number of benzene rings is 3. The minimum atomic E-state index is 0.219. The molecule has 3 unspecified atom stereocenters. The van der Waals surface area contributed by atoms with E-state index in [1.54, 1.807) is 0 Å². The highest BCUT2D eigenvalue weighted by molar-refractivity contribution is 5.62. The van der Waals surface area contributed by atoms with Crippen LogP contribution in [0.15, 0.2) is 84.9 Å². The number of rotatable bonds is 8. The molecule has 4 nitrogen and oxygen atoms in total. The van der Waals surface area contributed by atoms with Crippen LogP contribution < -0.4 is 19.5 Å². The maximum atomic E-state index is 6.01. The second kappa shape index (κ2) is 9.39. The van der Waals surface area contributed by atoms with Crippen molar-refractivity contribution >= 4 is 5.69 Å². The quantitative estimate of drug-likeness (QED) is 0.335. The molecule has 5 rings (SSSR count). The first-order chi connectivity index (χ1) is 15.8. The molecule has 0 spiro atoms.